The first kappa shape index (κ1) is 18.0. The number of hydrogen-bond donors (Lipinski definition) is 0. The fourth-order valence-electron chi connectivity index (χ4n) is 4.86. The largest absolute Gasteiger partial charge is 0.458 e. The summed E-state index contributed by atoms with van der Waals surface area (Å²) in [6, 6.07) is 18.8. The van der Waals surface area contributed by atoms with Gasteiger partial charge in [-0.15, -0.1) is 0 Å². The summed E-state index contributed by atoms with van der Waals surface area (Å²) in [6.45, 7) is 0. The van der Waals surface area contributed by atoms with Crippen LogP contribution in [0.5, 0.6) is 0 Å². The van der Waals surface area contributed by atoms with Gasteiger partial charge in [0.05, 0.1) is 0 Å². The van der Waals surface area contributed by atoms with Gasteiger partial charge in [0.25, 0.3) is 0 Å². The number of carbonyl (C=O) groups excluding carboxylic acids is 2. The Balaban J connectivity index is 1.60. The Kier molecular flexibility index (Phi) is 5.11. The number of aryl methyl sites for hydroxylation is 1. The topological polar surface area (TPSA) is 43.4 Å². The third-order valence-corrected chi connectivity index (χ3v) is 6.17. The number of benzene rings is 2. The van der Waals surface area contributed by atoms with Gasteiger partial charge in [0.1, 0.15) is 17.8 Å². The van der Waals surface area contributed by atoms with Crippen molar-refractivity contribution in [3.8, 4) is 11.1 Å². The van der Waals surface area contributed by atoms with Gasteiger partial charge in [0, 0.05) is 6.42 Å². The van der Waals surface area contributed by atoms with Crippen LogP contribution in [-0.2, 0) is 20.7 Å². The van der Waals surface area contributed by atoms with E-state index in [-0.39, 0.29) is 18.2 Å². The summed E-state index contributed by atoms with van der Waals surface area (Å²) in [7, 11) is 0. The number of rotatable bonds is 5. The Hall–Kier alpha value is -2.42. The van der Waals surface area contributed by atoms with Crippen LogP contribution in [0.3, 0.4) is 0 Å². The highest BCUT2D eigenvalue weighted by Crippen LogP contribution is 2.44. The summed E-state index contributed by atoms with van der Waals surface area (Å²) in [5.74, 6) is 0.0126. The fraction of sp³-hybridized carbons (Fsp3) is 0.417. The number of ether oxygens (including phenoxy) is 1. The molecule has 2 fully saturated rings. The normalized spacial score (nSPS) is 23.4. The molecule has 0 radical (unpaired) electrons. The van der Waals surface area contributed by atoms with Crippen LogP contribution in [-0.4, -0.2) is 17.4 Å². The van der Waals surface area contributed by atoms with E-state index in [1.54, 1.807) is 0 Å². The monoisotopic (exact) mass is 362 g/mol. The average Bonchev–Trinajstić information content (AvgIpc) is 3.22. The van der Waals surface area contributed by atoms with E-state index in [0.717, 1.165) is 25.7 Å². The first-order valence-corrected chi connectivity index (χ1v) is 10.0. The fourth-order valence-corrected chi connectivity index (χ4v) is 4.86. The van der Waals surface area contributed by atoms with Crippen molar-refractivity contribution in [1.29, 1.82) is 0 Å². The van der Waals surface area contributed by atoms with Gasteiger partial charge in [0.2, 0.25) is 0 Å². The molecule has 4 rings (SSSR count). The minimum Gasteiger partial charge on any atom is -0.458 e. The van der Waals surface area contributed by atoms with Gasteiger partial charge in [-0.05, 0) is 48.3 Å². The second kappa shape index (κ2) is 7.67. The van der Waals surface area contributed by atoms with Crippen LogP contribution in [0.4, 0.5) is 0 Å². The van der Waals surface area contributed by atoms with Gasteiger partial charge in [0.15, 0.2) is 0 Å². The Labute approximate surface area is 160 Å². The smallest absolute Gasteiger partial charge is 0.313 e. The molecule has 1 unspecified atom stereocenters. The van der Waals surface area contributed by atoms with Crippen molar-refractivity contribution in [2.45, 2.75) is 57.0 Å². The molecule has 0 spiro atoms. The molecule has 0 N–H and O–H groups in total. The lowest BCUT2D eigenvalue weighted by Gasteiger charge is -2.41. The Bertz CT molecular complexity index is 803. The molecule has 1 aliphatic heterocycles. The zero-order chi connectivity index (χ0) is 18.7. The van der Waals surface area contributed by atoms with Crippen LogP contribution in [0.1, 0.15) is 50.5 Å². The highest BCUT2D eigenvalue weighted by Gasteiger charge is 2.47. The van der Waals surface area contributed by atoms with Crippen molar-refractivity contribution in [3.63, 3.8) is 0 Å². The summed E-state index contributed by atoms with van der Waals surface area (Å²) in [5.41, 5.74) is 3.05. The van der Waals surface area contributed by atoms with Gasteiger partial charge < -0.3 is 4.74 Å². The Morgan fingerprint density at radius 3 is 2.37 bits per heavy atom. The van der Waals surface area contributed by atoms with Crippen molar-refractivity contribution in [2.24, 2.45) is 5.92 Å². The Morgan fingerprint density at radius 1 is 0.926 bits per heavy atom. The zero-order valence-electron chi connectivity index (χ0n) is 15.7. The standard InChI is InChI=1S/C24H26O3/c25-21-16-23(26)27-24(17-21,20-11-5-6-12-20)15-14-19-10-4-7-13-22(19)18-8-2-1-3-9-18/h1-4,7-10,13,20H,5-6,11-12,14-17H2. The molecule has 140 valence electrons. The molecule has 2 aliphatic rings. The van der Waals surface area contributed by atoms with E-state index in [1.165, 1.54) is 29.5 Å². The number of ketones is 1. The van der Waals surface area contributed by atoms with Crippen LogP contribution in [0.2, 0.25) is 0 Å². The van der Waals surface area contributed by atoms with E-state index < -0.39 is 5.60 Å². The van der Waals surface area contributed by atoms with Gasteiger partial charge in [-0.2, -0.15) is 0 Å². The first-order chi connectivity index (χ1) is 13.2. The number of carbonyl (C=O) groups is 2. The van der Waals surface area contributed by atoms with E-state index in [4.69, 9.17) is 4.74 Å². The van der Waals surface area contributed by atoms with Gasteiger partial charge >= 0.3 is 5.97 Å². The van der Waals surface area contributed by atoms with Crippen LogP contribution in [0.15, 0.2) is 54.6 Å². The van der Waals surface area contributed by atoms with Crippen molar-refractivity contribution < 1.29 is 14.3 Å². The highest BCUT2D eigenvalue weighted by atomic mass is 16.6. The molecular formula is C24H26O3. The minimum absolute atomic E-state index is 0.0366. The molecule has 0 amide bonds. The molecule has 1 aliphatic carbocycles. The van der Waals surface area contributed by atoms with Crippen molar-refractivity contribution >= 4 is 11.8 Å². The molecular weight excluding hydrogens is 336 g/mol. The lowest BCUT2D eigenvalue weighted by molar-refractivity contribution is -0.178. The zero-order valence-corrected chi connectivity index (χ0v) is 15.7. The molecule has 0 aromatic heterocycles. The number of Topliss-reactive ketones (excluding diaryl/α,β-unsaturated/α-hetero) is 1. The van der Waals surface area contributed by atoms with E-state index in [0.29, 0.717) is 12.3 Å². The molecule has 1 saturated carbocycles. The average molecular weight is 362 g/mol. The number of cyclic esters (lactones) is 1. The van der Waals surface area contributed by atoms with Crippen LogP contribution in [0, 0.1) is 5.92 Å². The van der Waals surface area contributed by atoms with Crippen molar-refractivity contribution in [1.82, 2.24) is 0 Å². The van der Waals surface area contributed by atoms with E-state index >= 15 is 0 Å². The maximum absolute atomic E-state index is 12.2. The van der Waals surface area contributed by atoms with Gasteiger partial charge in [-0.3, -0.25) is 9.59 Å². The predicted octanol–water partition coefficient (Wildman–Crippen LogP) is 5.12. The second-order valence-corrected chi connectivity index (χ2v) is 7.94. The summed E-state index contributed by atoms with van der Waals surface area (Å²) in [6.07, 6.45) is 6.30. The maximum atomic E-state index is 12.2. The second-order valence-electron chi connectivity index (χ2n) is 7.94. The summed E-state index contributed by atoms with van der Waals surface area (Å²) in [5, 5.41) is 0. The Morgan fingerprint density at radius 2 is 1.63 bits per heavy atom. The van der Waals surface area contributed by atoms with Crippen LogP contribution < -0.4 is 0 Å². The molecule has 2 aromatic carbocycles. The molecule has 3 nitrogen and oxygen atoms in total. The van der Waals surface area contributed by atoms with E-state index in [1.807, 2.05) is 18.2 Å². The van der Waals surface area contributed by atoms with Crippen LogP contribution >= 0.6 is 0 Å². The van der Waals surface area contributed by atoms with Crippen LogP contribution in [0.25, 0.3) is 11.1 Å². The minimum atomic E-state index is -0.604. The number of esters is 1. The molecule has 27 heavy (non-hydrogen) atoms. The maximum Gasteiger partial charge on any atom is 0.313 e. The van der Waals surface area contributed by atoms with Gasteiger partial charge in [-0.1, -0.05) is 67.4 Å². The quantitative estimate of drug-likeness (QED) is 0.547. The summed E-state index contributed by atoms with van der Waals surface area (Å²) >= 11 is 0. The molecule has 1 heterocycles. The molecule has 1 saturated heterocycles. The lowest BCUT2D eigenvalue weighted by atomic mass is 9.75. The first-order valence-electron chi connectivity index (χ1n) is 10.0. The highest BCUT2D eigenvalue weighted by molar-refractivity contribution is 5.98. The molecule has 3 heteroatoms. The summed E-state index contributed by atoms with van der Waals surface area (Å²) < 4.78 is 5.94. The van der Waals surface area contributed by atoms with Crippen molar-refractivity contribution in [2.75, 3.05) is 0 Å². The predicted molar refractivity (Wildman–Crippen MR) is 105 cm³/mol. The third kappa shape index (κ3) is 3.83. The molecule has 2 aromatic rings. The molecule has 0 bridgehead atoms. The van der Waals surface area contributed by atoms with Crippen molar-refractivity contribution in [3.05, 3.63) is 60.2 Å². The summed E-state index contributed by atoms with van der Waals surface area (Å²) in [4.78, 5) is 24.3. The van der Waals surface area contributed by atoms with E-state index in [2.05, 4.69) is 36.4 Å². The lowest BCUT2D eigenvalue weighted by Crippen LogP contribution is -2.48. The third-order valence-electron chi connectivity index (χ3n) is 6.17. The number of hydrogen-bond acceptors (Lipinski definition) is 3. The van der Waals surface area contributed by atoms with Gasteiger partial charge in [-0.25, -0.2) is 0 Å². The molecule has 1 atom stereocenters. The SMILES string of the molecule is O=C1CC(=O)OC(CCc2ccccc2-c2ccccc2)(C2CCCC2)C1. The van der Waals surface area contributed by atoms with E-state index in [9.17, 15) is 9.59 Å².